The third-order valence-corrected chi connectivity index (χ3v) is 8.14. The molecule has 11 heteroatoms. The van der Waals surface area contributed by atoms with E-state index in [1.54, 1.807) is 40.4 Å². The molecule has 0 saturated carbocycles. The zero-order valence-electron chi connectivity index (χ0n) is 27.7. The van der Waals surface area contributed by atoms with Crippen molar-refractivity contribution in [2.24, 2.45) is 23.9 Å². The molecule has 1 saturated heterocycles. The number of anilines is 1. The number of rotatable bonds is 14. The average molecular weight is 623 g/mol. The first-order valence-corrected chi connectivity index (χ1v) is 16.0. The minimum Gasteiger partial charge on any atom is -0.353 e. The van der Waals surface area contributed by atoms with Crippen molar-refractivity contribution in [2.45, 2.75) is 33.6 Å². The van der Waals surface area contributed by atoms with Crippen LogP contribution in [0.25, 0.3) is 11.9 Å². The first-order valence-electron chi connectivity index (χ1n) is 16.0. The summed E-state index contributed by atoms with van der Waals surface area (Å²) in [6.07, 6.45) is 22.7. The monoisotopic (exact) mass is 622 g/mol. The number of hydrogen-bond acceptors (Lipinski definition) is 8. The molecule has 1 fully saturated rings. The first kappa shape index (κ1) is 34.1. The number of allylic oxidation sites excluding steroid dienone is 4. The Morgan fingerprint density at radius 2 is 1.89 bits per heavy atom. The van der Waals surface area contributed by atoms with Gasteiger partial charge in [0, 0.05) is 75.7 Å². The van der Waals surface area contributed by atoms with Crippen molar-refractivity contribution in [1.29, 1.82) is 5.26 Å². The van der Waals surface area contributed by atoms with E-state index in [2.05, 4.69) is 78.2 Å². The van der Waals surface area contributed by atoms with E-state index in [-0.39, 0.29) is 17.7 Å². The van der Waals surface area contributed by atoms with Crippen molar-refractivity contribution >= 4 is 29.8 Å². The van der Waals surface area contributed by atoms with Gasteiger partial charge >= 0.3 is 0 Å². The van der Waals surface area contributed by atoms with Crippen LogP contribution in [-0.4, -0.2) is 92.8 Å². The van der Waals surface area contributed by atoms with E-state index in [9.17, 15) is 4.79 Å². The maximum atomic E-state index is 13.8. The summed E-state index contributed by atoms with van der Waals surface area (Å²) in [6, 6.07) is 6.08. The van der Waals surface area contributed by atoms with E-state index in [4.69, 9.17) is 15.2 Å². The lowest BCUT2D eigenvalue weighted by atomic mass is 9.91. The second-order valence-corrected chi connectivity index (χ2v) is 11.6. The molecule has 242 valence electrons. The summed E-state index contributed by atoms with van der Waals surface area (Å²) >= 11 is 0. The Morgan fingerprint density at radius 1 is 1.09 bits per heavy atom. The Kier molecular flexibility index (Phi) is 12.6. The van der Waals surface area contributed by atoms with Crippen LogP contribution in [0.4, 0.5) is 5.82 Å². The predicted octanol–water partition coefficient (Wildman–Crippen LogP) is 4.72. The molecule has 0 radical (unpaired) electrons. The largest absolute Gasteiger partial charge is 0.353 e. The van der Waals surface area contributed by atoms with Crippen molar-refractivity contribution in [2.75, 3.05) is 51.2 Å². The quantitative estimate of drug-likeness (QED) is 0.189. The molecule has 4 rings (SSSR count). The summed E-state index contributed by atoms with van der Waals surface area (Å²) in [4.78, 5) is 29.6. The Morgan fingerprint density at radius 3 is 2.52 bits per heavy atom. The number of aryl methyl sites for hydroxylation is 1. The summed E-state index contributed by atoms with van der Waals surface area (Å²) in [5.74, 6) is 1.20. The molecular weight excluding hydrogens is 576 g/mol. The molecule has 1 aliphatic rings. The molecule has 0 N–H and O–H groups in total. The number of carbonyl (C=O) groups excluding carboxylic acids is 1. The number of pyridine rings is 1. The lowest BCUT2D eigenvalue weighted by Crippen LogP contribution is -2.52. The minimum absolute atomic E-state index is 0.0769. The maximum absolute atomic E-state index is 13.8. The molecule has 1 amide bonds. The van der Waals surface area contributed by atoms with Gasteiger partial charge in [0.05, 0.1) is 35.8 Å². The minimum atomic E-state index is -0.0769. The van der Waals surface area contributed by atoms with Crippen LogP contribution in [0.3, 0.4) is 0 Å². The van der Waals surface area contributed by atoms with Gasteiger partial charge < -0.3 is 14.7 Å². The van der Waals surface area contributed by atoms with E-state index in [1.165, 1.54) is 6.20 Å². The van der Waals surface area contributed by atoms with E-state index in [0.717, 1.165) is 56.0 Å². The molecule has 2 unspecified atom stereocenters. The van der Waals surface area contributed by atoms with Crippen molar-refractivity contribution in [3.05, 3.63) is 84.1 Å². The van der Waals surface area contributed by atoms with E-state index < -0.39 is 0 Å². The summed E-state index contributed by atoms with van der Waals surface area (Å²) in [7, 11) is 3.93. The van der Waals surface area contributed by atoms with Crippen LogP contribution in [0.5, 0.6) is 0 Å². The fourth-order valence-corrected chi connectivity index (χ4v) is 5.23. The van der Waals surface area contributed by atoms with Gasteiger partial charge in [0.1, 0.15) is 11.9 Å². The van der Waals surface area contributed by atoms with Crippen molar-refractivity contribution in [1.82, 2.24) is 34.3 Å². The maximum Gasteiger partial charge on any atom is 0.227 e. The van der Waals surface area contributed by atoms with Crippen LogP contribution in [0.1, 0.15) is 50.3 Å². The topological polar surface area (TPSA) is 111 Å². The van der Waals surface area contributed by atoms with E-state index in [1.807, 2.05) is 30.3 Å². The summed E-state index contributed by atoms with van der Waals surface area (Å²) in [5, 5.41) is 17.6. The Labute approximate surface area is 272 Å². The molecule has 0 spiro atoms. The van der Waals surface area contributed by atoms with Gasteiger partial charge in [0.15, 0.2) is 0 Å². The molecule has 3 aromatic heterocycles. The third kappa shape index (κ3) is 9.59. The molecule has 4 heterocycles. The highest BCUT2D eigenvalue weighted by Gasteiger charge is 2.31. The van der Waals surface area contributed by atoms with Gasteiger partial charge in [-0.3, -0.25) is 14.5 Å². The number of carbonyl (C=O) groups is 1. The molecule has 46 heavy (non-hydrogen) atoms. The highest BCUT2D eigenvalue weighted by Crippen LogP contribution is 2.22. The Bertz CT molecular complexity index is 1560. The molecule has 0 aliphatic carbocycles. The van der Waals surface area contributed by atoms with Crippen LogP contribution < -0.4 is 4.90 Å². The van der Waals surface area contributed by atoms with Gasteiger partial charge in [-0.2, -0.15) is 15.5 Å². The number of nitriles is 1. The van der Waals surface area contributed by atoms with Gasteiger partial charge in [0.25, 0.3) is 0 Å². The first-order chi connectivity index (χ1) is 22.3. The smallest absolute Gasteiger partial charge is 0.227 e. The fraction of sp³-hybridized carbons (Fsp3) is 0.429. The number of amides is 1. The number of nitrogens with zero attached hydrogens (tertiary/aromatic N) is 10. The average Bonchev–Trinajstić information content (AvgIpc) is 3.73. The molecule has 0 aromatic carbocycles. The standard InChI is InChI=1S/C35H46N10O/c1-6-8-9-10-11-12-28(3)32(26-41(4)7-2)35(46)44-17-15-43(16-18-44)34-14-13-29(21-38-34)20-37-33(31-23-39-42(5)25-31)27-45-24-30(19-36)22-40-45/h8-9,11-14,20-25,27-28,32H,6-7,10,15-18,26H2,1-5H3/b9-8-,12-11-,33-27-,37-20+. The molecular formula is C35H46N10O. The molecule has 1 aliphatic heterocycles. The molecule has 2 atom stereocenters. The van der Waals surface area contributed by atoms with Gasteiger partial charge in [-0.05, 0) is 44.5 Å². The van der Waals surface area contributed by atoms with Crippen molar-refractivity contribution < 1.29 is 4.79 Å². The summed E-state index contributed by atoms with van der Waals surface area (Å²) in [6.45, 7) is 10.9. The number of aliphatic imine (C=N–C) groups is 1. The Balaban J connectivity index is 1.38. The van der Waals surface area contributed by atoms with Crippen LogP contribution in [-0.2, 0) is 11.8 Å². The lowest BCUT2D eigenvalue weighted by molar-refractivity contribution is -0.137. The second kappa shape index (κ2) is 17.0. The zero-order valence-corrected chi connectivity index (χ0v) is 27.7. The van der Waals surface area contributed by atoms with Crippen molar-refractivity contribution in [3.63, 3.8) is 0 Å². The highest BCUT2D eigenvalue weighted by molar-refractivity contribution is 5.87. The second-order valence-electron chi connectivity index (χ2n) is 11.6. The van der Waals surface area contributed by atoms with E-state index in [0.29, 0.717) is 24.4 Å². The number of piperazine rings is 1. The normalized spacial score (nSPS) is 15.8. The highest BCUT2D eigenvalue weighted by atomic mass is 16.2. The zero-order chi connectivity index (χ0) is 32.9. The number of aromatic nitrogens is 5. The van der Waals surface area contributed by atoms with Gasteiger partial charge in [-0.15, -0.1) is 0 Å². The lowest BCUT2D eigenvalue weighted by Gasteiger charge is -2.38. The summed E-state index contributed by atoms with van der Waals surface area (Å²) in [5.41, 5.74) is 2.79. The van der Waals surface area contributed by atoms with Gasteiger partial charge in [-0.25, -0.2) is 9.67 Å². The predicted molar refractivity (Wildman–Crippen MR) is 184 cm³/mol. The van der Waals surface area contributed by atoms with Crippen LogP contribution in [0.15, 0.2) is 72.4 Å². The molecule has 11 nitrogen and oxygen atoms in total. The van der Waals surface area contributed by atoms with Gasteiger partial charge in [-0.1, -0.05) is 45.1 Å². The fourth-order valence-electron chi connectivity index (χ4n) is 5.23. The van der Waals surface area contributed by atoms with Crippen LogP contribution >= 0.6 is 0 Å². The Hall–Kier alpha value is -4.82. The molecule has 0 bridgehead atoms. The van der Waals surface area contributed by atoms with Gasteiger partial charge in [0.2, 0.25) is 5.91 Å². The van der Waals surface area contributed by atoms with Crippen LogP contribution in [0.2, 0.25) is 0 Å². The van der Waals surface area contributed by atoms with Crippen LogP contribution in [0, 0.1) is 23.2 Å². The van der Waals surface area contributed by atoms with Crippen molar-refractivity contribution in [3.8, 4) is 6.07 Å². The number of hydrogen-bond donors (Lipinski definition) is 0. The third-order valence-electron chi connectivity index (χ3n) is 8.14. The SMILES string of the molecule is CC/C=C\C/C=C\C(C)C(CN(C)CC)C(=O)N1CCN(c2ccc(/C=N/C(=C\n3cc(C#N)cn3)c3cnn(C)c3)cn2)CC1. The molecule has 3 aromatic rings. The summed E-state index contributed by atoms with van der Waals surface area (Å²) < 4.78 is 3.28. The van der Waals surface area contributed by atoms with E-state index >= 15 is 0 Å².